The molecule has 0 unspecified atom stereocenters. The number of benzene rings is 2. The summed E-state index contributed by atoms with van der Waals surface area (Å²) in [5, 5.41) is 0. The number of hydrogen-bond acceptors (Lipinski definition) is 4. The first-order chi connectivity index (χ1) is 12.7. The summed E-state index contributed by atoms with van der Waals surface area (Å²) < 4.78 is 0. The Hall–Kier alpha value is -3.14. The molecule has 26 heavy (non-hydrogen) atoms. The lowest BCUT2D eigenvalue weighted by molar-refractivity contribution is 0.992. The predicted octanol–water partition coefficient (Wildman–Crippen LogP) is 5.01. The maximum atomic E-state index is 4.69. The highest BCUT2D eigenvalue weighted by Gasteiger charge is 2.09. The minimum Gasteiger partial charge on any atom is -0.296 e. The Kier molecular flexibility index (Phi) is 5.64. The fraction of sp³-hybridized carbons (Fsp3) is 0.182. The molecule has 0 aliphatic rings. The Labute approximate surface area is 154 Å². The number of allylic oxidation sites excluding steroid dienone is 2. The molecule has 3 rings (SSSR count). The van der Waals surface area contributed by atoms with Gasteiger partial charge in [-0.2, -0.15) is 0 Å². The lowest BCUT2D eigenvalue weighted by Crippen LogP contribution is -2.00. The van der Waals surface area contributed by atoms with Crippen molar-refractivity contribution in [3.8, 4) is 22.8 Å². The highest BCUT2D eigenvalue weighted by Crippen LogP contribution is 2.23. The van der Waals surface area contributed by atoms with Crippen molar-refractivity contribution in [2.75, 3.05) is 7.05 Å². The van der Waals surface area contributed by atoms with E-state index in [-0.39, 0.29) is 0 Å². The van der Waals surface area contributed by atoms with E-state index >= 15 is 0 Å². The molecule has 0 saturated carbocycles. The van der Waals surface area contributed by atoms with Crippen molar-refractivity contribution in [3.63, 3.8) is 0 Å². The monoisotopic (exact) mass is 342 g/mol. The number of aryl methyl sites for hydroxylation is 1. The van der Waals surface area contributed by atoms with Crippen LogP contribution in [0.3, 0.4) is 0 Å². The van der Waals surface area contributed by atoms with Crippen molar-refractivity contribution in [1.29, 1.82) is 0 Å². The number of rotatable bonds is 5. The van der Waals surface area contributed by atoms with E-state index in [4.69, 9.17) is 4.98 Å². The summed E-state index contributed by atoms with van der Waals surface area (Å²) in [4.78, 5) is 17.9. The van der Waals surface area contributed by atoms with Crippen molar-refractivity contribution in [3.05, 3.63) is 72.1 Å². The van der Waals surface area contributed by atoms with Gasteiger partial charge in [0, 0.05) is 24.4 Å². The number of aliphatic imine (C=N–C) groups is 1. The van der Waals surface area contributed by atoms with Gasteiger partial charge < -0.3 is 0 Å². The van der Waals surface area contributed by atoms with Crippen LogP contribution in [0.15, 0.2) is 65.7 Å². The molecule has 0 spiro atoms. The molecule has 0 saturated heterocycles. The van der Waals surface area contributed by atoms with E-state index in [1.807, 2.05) is 55.6 Å². The van der Waals surface area contributed by atoms with E-state index in [0.29, 0.717) is 17.5 Å². The van der Waals surface area contributed by atoms with Crippen LogP contribution >= 0.6 is 0 Å². The van der Waals surface area contributed by atoms with Gasteiger partial charge in [0.1, 0.15) is 5.82 Å². The molecule has 1 aromatic heterocycles. The van der Waals surface area contributed by atoms with E-state index in [1.54, 1.807) is 7.05 Å². The van der Waals surface area contributed by atoms with Gasteiger partial charge in [-0.1, -0.05) is 61.5 Å². The van der Waals surface area contributed by atoms with Crippen LogP contribution in [-0.2, 0) is 0 Å². The van der Waals surface area contributed by atoms with Gasteiger partial charge in [0.25, 0.3) is 0 Å². The molecular weight excluding hydrogens is 320 g/mol. The van der Waals surface area contributed by atoms with Crippen LogP contribution in [0.25, 0.3) is 28.3 Å². The first-order valence-electron chi connectivity index (χ1n) is 8.72. The smallest absolute Gasteiger partial charge is 0.163 e. The Morgan fingerprint density at radius 3 is 2.31 bits per heavy atom. The molecule has 4 nitrogen and oxygen atoms in total. The lowest BCUT2D eigenvalue weighted by atomic mass is 10.0. The summed E-state index contributed by atoms with van der Waals surface area (Å²) in [5.41, 5.74) is 4.16. The largest absolute Gasteiger partial charge is 0.296 e. The van der Waals surface area contributed by atoms with Gasteiger partial charge in [-0.05, 0) is 30.5 Å². The molecule has 0 N–H and O–H groups in total. The third-order valence-corrected chi connectivity index (χ3v) is 3.93. The predicted molar refractivity (Wildman–Crippen MR) is 108 cm³/mol. The fourth-order valence-electron chi connectivity index (χ4n) is 2.77. The molecule has 0 atom stereocenters. The summed E-state index contributed by atoms with van der Waals surface area (Å²) in [5.74, 6) is 2.08. The second-order valence-electron chi connectivity index (χ2n) is 5.93. The van der Waals surface area contributed by atoms with E-state index < -0.39 is 0 Å². The number of hydrogen-bond donors (Lipinski definition) is 0. The SMILES string of the molecule is CC/C=C(\C=NC)c1cccc(-c2nc(C)nc(-c3ccccc3)n2)c1. The minimum absolute atomic E-state index is 0.683. The van der Waals surface area contributed by atoms with Crippen molar-refractivity contribution in [1.82, 2.24) is 15.0 Å². The van der Waals surface area contributed by atoms with Gasteiger partial charge in [-0.25, -0.2) is 15.0 Å². The van der Waals surface area contributed by atoms with Crippen molar-refractivity contribution >= 4 is 11.8 Å². The van der Waals surface area contributed by atoms with Gasteiger partial charge in [0.15, 0.2) is 11.6 Å². The Morgan fingerprint density at radius 2 is 1.62 bits per heavy atom. The molecule has 130 valence electrons. The summed E-state index contributed by atoms with van der Waals surface area (Å²) in [7, 11) is 1.79. The molecule has 0 aliphatic heterocycles. The Morgan fingerprint density at radius 1 is 0.923 bits per heavy atom. The standard InChI is InChI=1S/C22H22N4/c1-4-9-20(15-23-3)18-12-8-13-19(14-18)22-25-16(2)24-21(26-22)17-10-6-5-7-11-17/h5-15H,4H2,1-3H3/b20-9+,23-15?. The van der Waals surface area contributed by atoms with E-state index in [1.165, 1.54) is 0 Å². The molecule has 0 aliphatic carbocycles. The number of aromatic nitrogens is 3. The Bertz CT molecular complexity index is 943. The van der Waals surface area contributed by atoms with Crippen molar-refractivity contribution in [2.45, 2.75) is 20.3 Å². The Balaban J connectivity index is 2.06. The summed E-state index contributed by atoms with van der Waals surface area (Å²) in [6, 6.07) is 18.2. The molecule has 1 heterocycles. The second-order valence-corrected chi connectivity index (χ2v) is 5.93. The maximum Gasteiger partial charge on any atom is 0.163 e. The zero-order chi connectivity index (χ0) is 18.4. The molecule has 0 radical (unpaired) electrons. The topological polar surface area (TPSA) is 51.0 Å². The van der Waals surface area contributed by atoms with Crippen molar-refractivity contribution in [2.24, 2.45) is 4.99 Å². The van der Waals surface area contributed by atoms with Crippen LogP contribution in [0.1, 0.15) is 24.7 Å². The third kappa shape index (κ3) is 4.09. The average Bonchev–Trinajstić information content (AvgIpc) is 2.68. The third-order valence-electron chi connectivity index (χ3n) is 3.93. The van der Waals surface area contributed by atoms with Crippen LogP contribution in [0.2, 0.25) is 0 Å². The van der Waals surface area contributed by atoms with Gasteiger partial charge >= 0.3 is 0 Å². The number of nitrogens with zero attached hydrogens (tertiary/aromatic N) is 4. The van der Waals surface area contributed by atoms with E-state index in [9.17, 15) is 0 Å². The minimum atomic E-state index is 0.683. The van der Waals surface area contributed by atoms with Gasteiger partial charge in [-0.15, -0.1) is 0 Å². The molecular formula is C22H22N4. The summed E-state index contributed by atoms with van der Waals surface area (Å²) in [6.07, 6.45) is 5.01. The summed E-state index contributed by atoms with van der Waals surface area (Å²) in [6.45, 7) is 4.02. The van der Waals surface area contributed by atoms with Crippen LogP contribution in [0.4, 0.5) is 0 Å². The average molecular weight is 342 g/mol. The van der Waals surface area contributed by atoms with E-state index in [2.05, 4.69) is 40.1 Å². The van der Waals surface area contributed by atoms with Crippen LogP contribution in [-0.4, -0.2) is 28.2 Å². The lowest BCUT2D eigenvalue weighted by Gasteiger charge is -2.08. The highest BCUT2D eigenvalue weighted by atomic mass is 15.0. The zero-order valence-corrected chi connectivity index (χ0v) is 15.3. The molecule has 0 fully saturated rings. The zero-order valence-electron chi connectivity index (χ0n) is 15.3. The van der Waals surface area contributed by atoms with Crippen LogP contribution in [0.5, 0.6) is 0 Å². The molecule has 0 amide bonds. The summed E-state index contributed by atoms with van der Waals surface area (Å²) >= 11 is 0. The normalized spacial score (nSPS) is 11.9. The molecule has 0 bridgehead atoms. The first kappa shape index (κ1) is 17.7. The second kappa shape index (κ2) is 8.30. The van der Waals surface area contributed by atoms with Crippen molar-refractivity contribution < 1.29 is 0 Å². The van der Waals surface area contributed by atoms with Gasteiger partial charge in [0.05, 0.1) is 0 Å². The fourth-order valence-corrected chi connectivity index (χ4v) is 2.77. The molecule has 4 heteroatoms. The van der Waals surface area contributed by atoms with Crippen LogP contribution < -0.4 is 0 Å². The molecule has 2 aromatic carbocycles. The van der Waals surface area contributed by atoms with Crippen LogP contribution in [0, 0.1) is 6.92 Å². The van der Waals surface area contributed by atoms with E-state index in [0.717, 1.165) is 28.7 Å². The quantitative estimate of drug-likeness (QED) is 0.613. The molecule has 3 aromatic rings. The van der Waals surface area contributed by atoms with Gasteiger partial charge in [-0.3, -0.25) is 4.99 Å². The maximum absolute atomic E-state index is 4.69. The first-order valence-corrected chi connectivity index (χ1v) is 8.72. The van der Waals surface area contributed by atoms with Gasteiger partial charge in [0.2, 0.25) is 0 Å². The highest BCUT2D eigenvalue weighted by molar-refractivity contribution is 6.10.